The molecule has 0 amide bonds. The van der Waals surface area contributed by atoms with Crippen molar-refractivity contribution in [3.8, 4) is 0 Å². The molecule has 2 rings (SSSR count). The van der Waals surface area contributed by atoms with Crippen LogP contribution in [0.4, 0.5) is 0 Å². The number of hydrogen-bond acceptors (Lipinski definition) is 3. The predicted molar refractivity (Wildman–Crippen MR) is 93.7 cm³/mol. The summed E-state index contributed by atoms with van der Waals surface area (Å²) < 4.78 is 7.69. The Morgan fingerprint density at radius 3 is 3.00 bits per heavy atom. The van der Waals surface area contributed by atoms with Crippen molar-refractivity contribution in [2.75, 3.05) is 39.9 Å². The molecule has 0 unspecified atom stereocenters. The van der Waals surface area contributed by atoms with E-state index in [0.29, 0.717) is 0 Å². The molecule has 1 N–H and O–H groups in total. The highest BCUT2D eigenvalue weighted by Gasteiger charge is 2.21. The van der Waals surface area contributed by atoms with Crippen LogP contribution in [0.3, 0.4) is 0 Å². The van der Waals surface area contributed by atoms with Crippen molar-refractivity contribution in [2.45, 2.75) is 39.7 Å². The first-order valence-electron chi connectivity index (χ1n) is 8.75. The van der Waals surface area contributed by atoms with E-state index in [0.717, 1.165) is 57.7 Å². The Kier molecular flexibility index (Phi) is 7.39. The number of hydrogen-bond donors (Lipinski definition) is 1. The maximum Gasteiger partial charge on any atom is 0.193 e. The van der Waals surface area contributed by atoms with E-state index in [4.69, 9.17) is 9.73 Å². The van der Waals surface area contributed by atoms with Crippen LogP contribution in [0, 0.1) is 12.8 Å². The number of aliphatic imine (C=N–C) groups is 1. The smallest absolute Gasteiger partial charge is 0.193 e. The van der Waals surface area contributed by atoms with Crippen LogP contribution in [-0.4, -0.2) is 60.5 Å². The van der Waals surface area contributed by atoms with E-state index in [2.05, 4.69) is 42.4 Å². The lowest BCUT2D eigenvalue weighted by Gasteiger charge is -2.22. The van der Waals surface area contributed by atoms with E-state index < -0.39 is 0 Å². The van der Waals surface area contributed by atoms with Gasteiger partial charge in [-0.25, -0.2) is 0 Å². The molecule has 1 aromatic rings. The minimum atomic E-state index is 0.768. The standard InChI is InChI=1S/C17H31N5O/c1-4-18-17(21(3)10-11-23-14-16-6-7-16)19-8-5-9-22-13-15(2)12-20-22/h12-13,16H,4-11,14H2,1-3H3,(H,18,19). The average Bonchev–Trinajstić information content (AvgIpc) is 3.27. The fraction of sp³-hybridized carbons (Fsp3) is 0.765. The lowest BCUT2D eigenvalue weighted by Crippen LogP contribution is -2.40. The highest BCUT2D eigenvalue weighted by atomic mass is 16.5. The van der Waals surface area contributed by atoms with Crippen LogP contribution in [0.5, 0.6) is 0 Å². The zero-order valence-electron chi connectivity index (χ0n) is 14.8. The molecular weight excluding hydrogens is 290 g/mol. The van der Waals surface area contributed by atoms with Gasteiger partial charge in [0.05, 0.1) is 12.8 Å². The monoisotopic (exact) mass is 321 g/mol. The van der Waals surface area contributed by atoms with Crippen molar-refractivity contribution in [3.63, 3.8) is 0 Å². The third-order valence-corrected chi connectivity index (χ3v) is 3.89. The molecule has 0 bridgehead atoms. The molecule has 6 heteroatoms. The summed E-state index contributed by atoms with van der Waals surface area (Å²) in [5.74, 6) is 1.78. The van der Waals surface area contributed by atoms with Crippen LogP contribution in [0.25, 0.3) is 0 Å². The summed E-state index contributed by atoms with van der Waals surface area (Å²) in [4.78, 5) is 6.84. The number of aryl methyl sites for hydroxylation is 2. The number of nitrogens with one attached hydrogen (secondary N) is 1. The van der Waals surface area contributed by atoms with Gasteiger partial charge in [0.25, 0.3) is 0 Å². The molecule has 1 aromatic heterocycles. The number of likely N-dealkylation sites (N-methyl/N-ethyl adjacent to an activating group) is 1. The number of aromatic nitrogens is 2. The number of nitrogens with zero attached hydrogens (tertiary/aromatic N) is 4. The van der Waals surface area contributed by atoms with Gasteiger partial charge in [-0.1, -0.05) is 0 Å². The first-order chi connectivity index (χ1) is 11.2. The van der Waals surface area contributed by atoms with Crippen LogP contribution in [0.1, 0.15) is 31.7 Å². The highest BCUT2D eigenvalue weighted by molar-refractivity contribution is 5.79. The first-order valence-corrected chi connectivity index (χ1v) is 8.75. The molecule has 0 radical (unpaired) electrons. The summed E-state index contributed by atoms with van der Waals surface area (Å²) in [6.45, 7) is 9.31. The van der Waals surface area contributed by atoms with Gasteiger partial charge in [-0.15, -0.1) is 0 Å². The quantitative estimate of drug-likeness (QED) is 0.406. The van der Waals surface area contributed by atoms with Gasteiger partial charge < -0.3 is 15.0 Å². The SMILES string of the molecule is CCNC(=NCCCn1cc(C)cn1)N(C)CCOCC1CC1. The summed E-state index contributed by atoms with van der Waals surface area (Å²) in [6, 6.07) is 0. The van der Waals surface area contributed by atoms with Crippen molar-refractivity contribution < 1.29 is 4.74 Å². The molecule has 0 atom stereocenters. The maximum absolute atomic E-state index is 5.71. The van der Waals surface area contributed by atoms with Crippen LogP contribution in [-0.2, 0) is 11.3 Å². The maximum atomic E-state index is 5.71. The molecule has 1 saturated carbocycles. The van der Waals surface area contributed by atoms with Gasteiger partial charge in [0.1, 0.15) is 0 Å². The van der Waals surface area contributed by atoms with E-state index in [1.54, 1.807) is 0 Å². The molecule has 0 aromatic carbocycles. The molecule has 130 valence electrons. The Labute approximate surface area is 139 Å². The van der Waals surface area contributed by atoms with E-state index in [1.807, 2.05) is 10.9 Å². The summed E-state index contributed by atoms with van der Waals surface area (Å²) in [5, 5.41) is 7.64. The lowest BCUT2D eigenvalue weighted by atomic mass is 10.4. The molecule has 1 aliphatic carbocycles. The van der Waals surface area contributed by atoms with Crippen LogP contribution in [0.2, 0.25) is 0 Å². The molecule has 6 nitrogen and oxygen atoms in total. The van der Waals surface area contributed by atoms with Gasteiger partial charge in [-0.05, 0) is 44.6 Å². The minimum Gasteiger partial charge on any atom is -0.379 e. The summed E-state index contributed by atoms with van der Waals surface area (Å²) in [5.41, 5.74) is 1.20. The summed E-state index contributed by atoms with van der Waals surface area (Å²) >= 11 is 0. The molecule has 23 heavy (non-hydrogen) atoms. The Bertz CT molecular complexity index is 481. The zero-order chi connectivity index (χ0) is 16.5. The second-order valence-electron chi connectivity index (χ2n) is 6.31. The third-order valence-electron chi connectivity index (χ3n) is 3.89. The number of rotatable bonds is 10. The Balaban J connectivity index is 1.66. The molecule has 1 aliphatic rings. The van der Waals surface area contributed by atoms with Crippen molar-refractivity contribution >= 4 is 5.96 Å². The molecule has 1 fully saturated rings. The minimum absolute atomic E-state index is 0.768. The van der Waals surface area contributed by atoms with Crippen molar-refractivity contribution in [2.24, 2.45) is 10.9 Å². The van der Waals surface area contributed by atoms with Crippen LogP contribution >= 0.6 is 0 Å². The van der Waals surface area contributed by atoms with Gasteiger partial charge in [-0.2, -0.15) is 5.10 Å². The van der Waals surface area contributed by atoms with Crippen molar-refractivity contribution in [1.82, 2.24) is 20.0 Å². The summed E-state index contributed by atoms with van der Waals surface area (Å²) in [6.07, 6.45) is 7.63. The Morgan fingerprint density at radius 1 is 1.52 bits per heavy atom. The van der Waals surface area contributed by atoms with Gasteiger partial charge in [-0.3, -0.25) is 9.67 Å². The normalized spacial score (nSPS) is 15.0. The topological polar surface area (TPSA) is 54.7 Å². The van der Waals surface area contributed by atoms with Crippen molar-refractivity contribution in [1.29, 1.82) is 0 Å². The fourth-order valence-corrected chi connectivity index (χ4v) is 2.32. The molecular formula is C17H31N5O. The van der Waals surface area contributed by atoms with Crippen LogP contribution < -0.4 is 5.32 Å². The Morgan fingerprint density at radius 2 is 2.35 bits per heavy atom. The second kappa shape index (κ2) is 9.55. The van der Waals surface area contributed by atoms with E-state index >= 15 is 0 Å². The molecule has 0 spiro atoms. The number of guanidine groups is 1. The second-order valence-corrected chi connectivity index (χ2v) is 6.31. The van der Waals surface area contributed by atoms with E-state index in [-0.39, 0.29) is 0 Å². The Hall–Kier alpha value is -1.56. The van der Waals surface area contributed by atoms with Gasteiger partial charge >= 0.3 is 0 Å². The van der Waals surface area contributed by atoms with Gasteiger partial charge in [0.15, 0.2) is 5.96 Å². The third kappa shape index (κ3) is 7.03. The zero-order valence-corrected chi connectivity index (χ0v) is 14.8. The average molecular weight is 321 g/mol. The fourth-order valence-electron chi connectivity index (χ4n) is 2.32. The van der Waals surface area contributed by atoms with E-state index in [9.17, 15) is 0 Å². The predicted octanol–water partition coefficient (Wildman–Crippen LogP) is 1.91. The largest absolute Gasteiger partial charge is 0.379 e. The summed E-state index contributed by atoms with van der Waals surface area (Å²) in [7, 11) is 2.07. The highest BCUT2D eigenvalue weighted by Crippen LogP contribution is 2.28. The molecule has 0 aliphatic heterocycles. The lowest BCUT2D eigenvalue weighted by molar-refractivity contribution is 0.115. The molecule has 0 saturated heterocycles. The molecule has 1 heterocycles. The van der Waals surface area contributed by atoms with Crippen molar-refractivity contribution in [3.05, 3.63) is 18.0 Å². The van der Waals surface area contributed by atoms with Crippen LogP contribution in [0.15, 0.2) is 17.4 Å². The van der Waals surface area contributed by atoms with Gasteiger partial charge in [0.2, 0.25) is 0 Å². The number of ether oxygens (including phenoxy) is 1. The van der Waals surface area contributed by atoms with E-state index in [1.165, 1.54) is 18.4 Å². The first kappa shape index (κ1) is 17.8. The van der Waals surface area contributed by atoms with Gasteiger partial charge in [0, 0.05) is 46.0 Å².